The van der Waals surface area contributed by atoms with Crippen LogP contribution in [-0.4, -0.2) is 45.5 Å². The van der Waals surface area contributed by atoms with Crippen LogP contribution < -0.4 is 0 Å². The first-order valence-corrected chi connectivity index (χ1v) is 16.7. The second kappa shape index (κ2) is 8.42. The van der Waals surface area contributed by atoms with Crippen LogP contribution in [0.25, 0.3) is 0 Å². The summed E-state index contributed by atoms with van der Waals surface area (Å²) in [5, 5.41) is 0. The van der Waals surface area contributed by atoms with Crippen LogP contribution in [0.1, 0.15) is 79.6 Å². The number of esters is 1. The third-order valence-corrected chi connectivity index (χ3v) is 14.7. The zero-order valence-electron chi connectivity index (χ0n) is 22.4. The molecule has 5 rings (SSSR count). The molecule has 1 aliphatic heterocycles. The van der Waals surface area contributed by atoms with Crippen LogP contribution in [0.15, 0.2) is 11.6 Å². The van der Waals surface area contributed by atoms with Gasteiger partial charge in [-0.05, 0) is 80.5 Å². The van der Waals surface area contributed by atoms with Gasteiger partial charge in [0, 0.05) is 30.8 Å². The smallest absolute Gasteiger partial charge is 0.303 e. The molecular formula is C28H46O5Si. The van der Waals surface area contributed by atoms with Crippen LogP contribution in [0, 0.1) is 28.6 Å². The summed E-state index contributed by atoms with van der Waals surface area (Å²) >= 11 is 0. The van der Waals surface area contributed by atoms with Gasteiger partial charge < -0.3 is 18.6 Å². The Morgan fingerprint density at radius 2 is 1.74 bits per heavy atom. The first kappa shape index (κ1) is 25.0. The van der Waals surface area contributed by atoms with E-state index in [4.69, 9.17) is 18.6 Å². The van der Waals surface area contributed by atoms with Gasteiger partial charge in [0.1, 0.15) is 6.10 Å². The maximum Gasteiger partial charge on any atom is 0.303 e. The number of ether oxygens (including phenoxy) is 3. The lowest BCUT2D eigenvalue weighted by Gasteiger charge is -2.60. The predicted octanol–water partition coefficient (Wildman–Crippen LogP) is 6.23. The lowest BCUT2D eigenvalue weighted by Crippen LogP contribution is -2.58. The van der Waals surface area contributed by atoms with E-state index in [0.29, 0.717) is 42.6 Å². The minimum Gasteiger partial charge on any atom is -0.458 e. The molecule has 192 valence electrons. The van der Waals surface area contributed by atoms with Gasteiger partial charge in [-0.25, -0.2) is 0 Å². The summed E-state index contributed by atoms with van der Waals surface area (Å²) in [6.07, 6.45) is 10.1. The Bertz CT molecular complexity index is 846. The van der Waals surface area contributed by atoms with Crippen molar-refractivity contribution in [2.24, 2.45) is 28.6 Å². The lowest BCUT2D eigenvalue weighted by molar-refractivity contribution is -0.246. The monoisotopic (exact) mass is 490 g/mol. The largest absolute Gasteiger partial charge is 0.458 e. The summed E-state index contributed by atoms with van der Waals surface area (Å²) in [5.74, 6) is 0.705. The molecule has 4 fully saturated rings. The Labute approximate surface area is 207 Å². The van der Waals surface area contributed by atoms with E-state index < -0.39 is 14.1 Å². The van der Waals surface area contributed by atoms with Crippen molar-refractivity contribution in [1.82, 2.24) is 0 Å². The fraction of sp³-hybridized carbons (Fsp3) is 0.893. The summed E-state index contributed by atoms with van der Waals surface area (Å²) < 4.78 is 25.5. The van der Waals surface area contributed by atoms with E-state index in [1.54, 1.807) is 6.92 Å². The molecule has 5 nitrogen and oxygen atoms in total. The lowest BCUT2D eigenvalue weighted by atomic mass is 9.47. The van der Waals surface area contributed by atoms with Crippen molar-refractivity contribution in [3.05, 3.63) is 11.6 Å². The first-order valence-electron chi connectivity index (χ1n) is 13.8. The number of carbonyl (C=O) groups excluding carboxylic acids is 1. The van der Waals surface area contributed by atoms with E-state index in [9.17, 15) is 4.79 Å². The number of carbonyl (C=O) groups is 1. The van der Waals surface area contributed by atoms with E-state index in [1.807, 2.05) is 0 Å². The molecule has 4 aliphatic carbocycles. The normalized spacial score (nSPS) is 43.3. The highest BCUT2D eigenvalue weighted by molar-refractivity contribution is 6.72. The average Bonchev–Trinajstić information content (AvgIpc) is 3.34. The van der Waals surface area contributed by atoms with Gasteiger partial charge in [0.05, 0.1) is 13.2 Å². The van der Waals surface area contributed by atoms with Crippen molar-refractivity contribution in [3.8, 4) is 0 Å². The van der Waals surface area contributed by atoms with Crippen LogP contribution in [0.2, 0.25) is 18.6 Å². The van der Waals surface area contributed by atoms with Crippen LogP contribution >= 0.6 is 0 Å². The molecule has 1 spiro atoms. The molecule has 0 radical (unpaired) electrons. The number of fused-ring (bicyclic) bond motifs is 6. The van der Waals surface area contributed by atoms with Gasteiger partial charge in [-0.1, -0.05) is 33.3 Å². The van der Waals surface area contributed by atoms with Gasteiger partial charge in [-0.15, -0.1) is 0 Å². The zero-order valence-corrected chi connectivity index (χ0v) is 23.4. The van der Waals surface area contributed by atoms with Gasteiger partial charge >= 0.3 is 5.97 Å². The van der Waals surface area contributed by atoms with Crippen molar-refractivity contribution in [1.29, 1.82) is 0 Å². The Balaban J connectivity index is 1.47. The molecule has 0 aromatic heterocycles. The maximum absolute atomic E-state index is 12.3. The summed E-state index contributed by atoms with van der Waals surface area (Å²) in [6, 6.07) is 0. The van der Waals surface area contributed by atoms with Crippen LogP contribution in [0.3, 0.4) is 0 Å². The Morgan fingerprint density at radius 3 is 2.38 bits per heavy atom. The van der Waals surface area contributed by atoms with Gasteiger partial charge in [-0.2, -0.15) is 0 Å². The maximum atomic E-state index is 12.3. The van der Waals surface area contributed by atoms with Gasteiger partial charge in [0.25, 0.3) is 0 Å². The highest BCUT2D eigenvalue weighted by atomic mass is 28.4. The Hall–Kier alpha value is -0.693. The standard InChI is InChI=1S/C28H46O5Si/c1-18(2)34(6,7)33-21-8-11-26(4)20(16-21)17-24(32-19(3)29)25-22(26)9-12-27(5)23(25)10-13-28(27)30-14-15-31-28/h17-18,21-25H,8-16H2,1-7H3/t21-,22?,23?,24?,25?,26-,27-/m0/s1. The summed E-state index contributed by atoms with van der Waals surface area (Å²) in [5.41, 5.74) is 2.23. The van der Waals surface area contributed by atoms with Crippen molar-refractivity contribution in [2.75, 3.05) is 13.2 Å². The van der Waals surface area contributed by atoms with Crippen LogP contribution in [0.4, 0.5) is 0 Å². The highest BCUT2D eigenvalue weighted by Crippen LogP contribution is 2.69. The van der Waals surface area contributed by atoms with Crippen LogP contribution in [-0.2, 0) is 23.4 Å². The van der Waals surface area contributed by atoms with Crippen molar-refractivity contribution in [3.63, 3.8) is 0 Å². The van der Waals surface area contributed by atoms with Crippen molar-refractivity contribution >= 4 is 14.3 Å². The molecule has 0 N–H and O–H groups in total. The fourth-order valence-electron chi connectivity index (χ4n) is 8.45. The zero-order chi connectivity index (χ0) is 24.5. The molecule has 6 heteroatoms. The van der Waals surface area contributed by atoms with Crippen molar-refractivity contribution in [2.45, 2.75) is 116 Å². The minimum atomic E-state index is -1.71. The van der Waals surface area contributed by atoms with Gasteiger partial charge in [0.15, 0.2) is 14.1 Å². The highest BCUT2D eigenvalue weighted by Gasteiger charge is 2.68. The summed E-state index contributed by atoms with van der Waals surface area (Å²) in [7, 11) is -1.71. The van der Waals surface area contributed by atoms with E-state index in [0.717, 1.165) is 38.5 Å². The molecule has 5 aliphatic rings. The summed E-state index contributed by atoms with van der Waals surface area (Å²) in [6.45, 7) is 17.1. The second-order valence-electron chi connectivity index (χ2n) is 13.2. The van der Waals surface area contributed by atoms with Gasteiger partial charge in [0.2, 0.25) is 0 Å². The molecule has 1 saturated heterocycles. The molecule has 0 aromatic carbocycles. The van der Waals surface area contributed by atoms with E-state index >= 15 is 0 Å². The van der Waals surface area contributed by atoms with E-state index in [-0.39, 0.29) is 22.9 Å². The Kier molecular flexibility index (Phi) is 6.19. The molecule has 34 heavy (non-hydrogen) atoms. The van der Waals surface area contributed by atoms with Crippen molar-refractivity contribution < 1.29 is 23.4 Å². The summed E-state index contributed by atoms with van der Waals surface area (Å²) in [4.78, 5) is 12.3. The molecule has 4 unspecified atom stereocenters. The molecule has 0 aromatic rings. The topological polar surface area (TPSA) is 54.0 Å². The van der Waals surface area contributed by atoms with E-state index in [2.05, 4.69) is 46.9 Å². The average molecular weight is 491 g/mol. The Morgan fingerprint density at radius 1 is 1.06 bits per heavy atom. The number of rotatable bonds is 4. The second-order valence-corrected chi connectivity index (χ2v) is 17.8. The third kappa shape index (κ3) is 3.69. The fourth-order valence-corrected chi connectivity index (χ4v) is 9.78. The first-order chi connectivity index (χ1) is 15.9. The molecule has 0 amide bonds. The van der Waals surface area contributed by atoms with Crippen LogP contribution in [0.5, 0.6) is 0 Å². The molecule has 7 atom stereocenters. The molecular weight excluding hydrogens is 444 g/mol. The molecule has 0 bridgehead atoms. The SMILES string of the molecule is CC(=O)OC1C=C2C[C@@H](O[Si](C)(C)C(C)C)CC[C@]2(C)C2CC[C@@]3(C)C(CCC34OCCO4)C12. The predicted molar refractivity (Wildman–Crippen MR) is 135 cm³/mol. The molecule has 3 saturated carbocycles. The minimum absolute atomic E-state index is 0.0159. The van der Waals surface area contributed by atoms with Gasteiger partial charge in [-0.3, -0.25) is 4.79 Å². The quantitative estimate of drug-likeness (QED) is 0.265. The number of hydrogen-bond acceptors (Lipinski definition) is 5. The van der Waals surface area contributed by atoms with E-state index in [1.165, 1.54) is 12.0 Å². The third-order valence-electron chi connectivity index (χ3n) is 11.0. The molecule has 1 heterocycles. The number of hydrogen-bond donors (Lipinski definition) is 0.